The maximum Gasteiger partial charge on any atom is 0.234 e. The van der Waals surface area contributed by atoms with E-state index >= 15 is 0 Å². The Morgan fingerprint density at radius 2 is 2.04 bits per heavy atom. The van der Waals surface area contributed by atoms with Gasteiger partial charge in [0.2, 0.25) is 5.91 Å². The molecule has 1 saturated heterocycles. The van der Waals surface area contributed by atoms with Gasteiger partial charge in [-0.25, -0.2) is 4.98 Å². The molecule has 1 aliphatic rings. The van der Waals surface area contributed by atoms with Crippen LogP contribution in [0.1, 0.15) is 34.9 Å². The van der Waals surface area contributed by atoms with Crippen LogP contribution in [0.25, 0.3) is 10.2 Å². The Hall–Kier alpha value is -2.24. The van der Waals surface area contributed by atoms with Crippen LogP contribution in [0.3, 0.4) is 0 Å². The predicted octanol–water partition coefficient (Wildman–Crippen LogP) is 4.10. The van der Waals surface area contributed by atoms with Crippen molar-refractivity contribution in [2.75, 3.05) is 19.6 Å². The predicted molar refractivity (Wildman–Crippen MR) is 111 cm³/mol. The molecule has 2 heterocycles. The zero-order chi connectivity index (χ0) is 18.6. The summed E-state index contributed by atoms with van der Waals surface area (Å²) >= 11 is 1.80. The monoisotopic (exact) mass is 379 g/mol. The fraction of sp³-hybridized carbons (Fsp3) is 0.364. The Labute approximate surface area is 164 Å². The molecule has 0 radical (unpaired) electrons. The highest BCUT2D eigenvalue weighted by molar-refractivity contribution is 7.18. The van der Waals surface area contributed by atoms with E-state index in [1.54, 1.807) is 11.3 Å². The van der Waals surface area contributed by atoms with Crippen molar-refractivity contribution in [1.29, 1.82) is 0 Å². The highest BCUT2D eigenvalue weighted by Crippen LogP contribution is 2.32. The highest BCUT2D eigenvalue weighted by atomic mass is 32.1. The lowest BCUT2D eigenvalue weighted by Gasteiger charge is -2.31. The van der Waals surface area contributed by atoms with Crippen molar-refractivity contribution in [2.24, 2.45) is 0 Å². The number of piperidine rings is 1. The van der Waals surface area contributed by atoms with E-state index in [9.17, 15) is 4.79 Å². The Kier molecular flexibility index (Phi) is 5.50. The van der Waals surface area contributed by atoms with E-state index in [2.05, 4.69) is 47.5 Å². The van der Waals surface area contributed by atoms with E-state index in [1.165, 1.54) is 20.8 Å². The molecule has 1 fully saturated rings. The van der Waals surface area contributed by atoms with Gasteiger partial charge in [0.05, 0.1) is 21.8 Å². The Morgan fingerprint density at radius 1 is 1.22 bits per heavy atom. The van der Waals surface area contributed by atoms with Gasteiger partial charge in [0.1, 0.15) is 0 Å². The molecule has 1 aliphatic heterocycles. The molecular weight excluding hydrogens is 354 g/mol. The van der Waals surface area contributed by atoms with Crippen LogP contribution in [0.2, 0.25) is 0 Å². The van der Waals surface area contributed by atoms with Crippen molar-refractivity contribution >= 4 is 27.5 Å². The Balaban J connectivity index is 1.34. The third kappa shape index (κ3) is 4.37. The number of para-hydroxylation sites is 1. The van der Waals surface area contributed by atoms with Crippen LogP contribution in [0.4, 0.5) is 0 Å². The topological polar surface area (TPSA) is 45.2 Å². The van der Waals surface area contributed by atoms with Gasteiger partial charge in [0, 0.05) is 19.0 Å². The van der Waals surface area contributed by atoms with Crippen molar-refractivity contribution in [2.45, 2.75) is 32.2 Å². The average Bonchev–Trinajstić information content (AvgIpc) is 3.12. The minimum absolute atomic E-state index is 0.100. The van der Waals surface area contributed by atoms with Gasteiger partial charge in [-0.2, -0.15) is 0 Å². The molecule has 0 saturated carbocycles. The number of thiazole rings is 1. The second-order valence-electron chi connectivity index (χ2n) is 7.30. The summed E-state index contributed by atoms with van der Waals surface area (Å²) in [5.41, 5.74) is 3.48. The number of carbonyl (C=O) groups is 1. The summed E-state index contributed by atoms with van der Waals surface area (Å²) in [6, 6.07) is 16.5. The maximum atomic E-state index is 12.4. The van der Waals surface area contributed by atoms with E-state index in [1.807, 2.05) is 18.2 Å². The van der Waals surface area contributed by atoms with Crippen molar-refractivity contribution in [3.63, 3.8) is 0 Å². The van der Waals surface area contributed by atoms with Crippen LogP contribution >= 0.6 is 11.3 Å². The fourth-order valence-corrected chi connectivity index (χ4v) is 4.82. The SMILES string of the molecule is Cc1ccccc1CNC(=O)CN1CCC[C@H](c2nc3ccccc3s2)C1. The number of aryl methyl sites for hydroxylation is 1. The molecule has 1 atom stereocenters. The first-order chi connectivity index (χ1) is 13.2. The first-order valence-electron chi connectivity index (χ1n) is 9.58. The second kappa shape index (κ2) is 8.19. The molecule has 0 bridgehead atoms. The summed E-state index contributed by atoms with van der Waals surface area (Å²) in [5.74, 6) is 0.531. The summed E-state index contributed by atoms with van der Waals surface area (Å²) < 4.78 is 1.25. The number of fused-ring (bicyclic) bond motifs is 1. The zero-order valence-electron chi connectivity index (χ0n) is 15.6. The lowest BCUT2D eigenvalue weighted by molar-refractivity contribution is -0.122. The lowest BCUT2D eigenvalue weighted by Crippen LogP contribution is -2.41. The number of carbonyl (C=O) groups excluding carboxylic acids is 1. The van der Waals surface area contributed by atoms with Crippen molar-refractivity contribution < 1.29 is 4.79 Å². The normalized spacial score (nSPS) is 17.9. The van der Waals surface area contributed by atoms with Crippen molar-refractivity contribution in [3.8, 4) is 0 Å². The van der Waals surface area contributed by atoms with E-state index in [4.69, 9.17) is 4.98 Å². The van der Waals surface area contributed by atoms with Crippen LogP contribution in [-0.2, 0) is 11.3 Å². The maximum absolute atomic E-state index is 12.4. The Bertz CT molecular complexity index is 903. The lowest BCUT2D eigenvalue weighted by atomic mass is 9.99. The molecule has 27 heavy (non-hydrogen) atoms. The standard InChI is InChI=1S/C22H25N3OS/c1-16-7-2-3-8-17(16)13-23-21(26)15-25-12-6-9-18(14-25)22-24-19-10-4-5-11-20(19)27-22/h2-5,7-8,10-11,18H,6,9,12-15H2,1H3,(H,23,26)/t18-/m0/s1. The molecule has 4 nitrogen and oxygen atoms in total. The molecule has 1 amide bonds. The number of aromatic nitrogens is 1. The van der Waals surface area contributed by atoms with Crippen LogP contribution in [0.5, 0.6) is 0 Å². The van der Waals surface area contributed by atoms with Gasteiger partial charge in [-0.05, 0) is 49.6 Å². The number of nitrogens with one attached hydrogen (secondary N) is 1. The highest BCUT2D eigenvalue weighted by Gasteiger charge is 2.25. The third-order valence-electron chi connectivity index (χ3n) is 5.27. The number of likely N-dealkylation sites (tertiary alicyclic amines) is 1. The fourth-order valence-electron chi connectivity index (χ4n) is 3.73. The van der Waals surface area contributed by atoms with Gasteiger partial charge in [-0.3, -0.25) is 9.69 Å². The summed E-state index contributed by atoms with van der Waals surface area (Å²) in [4.78, 5) is 19.5. The quantitative estimate of drug-likeness (QED) is 0.726. The third-order valence-corrected chi connectivity index (χ3v) is 6.47. The first-order valence-corrected chi connectivity index (χ1v) is 10.4. The molecule has 1 N–H and O–H groups in total. The van der Waals surface area contributed by atoms with Crippen molar-refractivity contribution in [3.05, 3.63) is 64.7 Å². The van der Waals surface area contributed by atoms with E-state index in [0.717, 1.165) is 31.4 Å². The Morgan fingerprint density at radius 3 is 2.89 bits per heavy atom. The van der Waals surface area contributed by atoms with E-state index in [-0.39, 0.29) is 5.91 Å². The van der Waals surface area contributed by atoms with Gasteiger partial charge in [-0.15, -0.1) is 11.3 Å². The van der Waals surface area contributed by atoms with Crippen LogP contribution in [0.15, 0.2) is 48.5 Å². The van der Waals surface area contributed by atoms with Crippen LogP contribution in [-0.4, -0.2) is 35.4 Å². The molecule has 4 rings (SSSR count). The summed E-state index contributed by atoms with van der Waals surface area (Å²) in [6.07, 6.45) is 2.27. The molecule has 5 heteroatoms. The van der Waals surface area contributed by atoms with Crippen LogP contribution in [0, 0.1) is 6.92 Å². The number of benzene rings is 2. The van der Waals surface area contributed by atoms with Crippen molar-refractivity contribution in [1.82, 2.24) is 15.2 Å². The molecule has 0 unspecified atom stereocenters. The summed E-state index contributed by atoms with van der Waals surface area (Å²) in [6.45, 7) is 5.04. The number of nitrogens with zero attached hydrogens (tertiary/aromatic N) is 2. The molecule has 140 valence electrons. The van der Waals surface area contributed by atoms with Gasteiger partial charge in [0.25, 0.3) is 0 Å². The number of hydrogen-bond donors (Lipinski definition) is 1. The molecular formula is C22H25N3OS. The summed E-state index contributed by atoms with van der Waals surface area (Å²) in [7, 11) is 0. The molecule has 2 aromatic carbocycles. The second-order valence-corrected chi connectivity index (χ2v) is 8.36. The average molecular weight is 380 g/mol. The van der Waals surface area contributed by atoms with Gasteiger partial charge < -0.3 is 5.32 Å². The minimum atomic E-state index is 0.100. The van der Waals surface area contributed by atoms with E-state index in [0.29, 0.717) is 19.0 Å². The van der Waals surface area contributed by atoms with Gasteiger partial charge in [0.15, 0.2) is 0 Å². The molecule has 1 aromatic heterocycles. The zero-order valence-corrected chi connectivity index (χ0v) is 16.5. The van der Waals surface area contributed by atoms with Gasteiger partial charge in [-0.1, -0.05) is 36.4 Å². The smallest absolute Gasteiger partial charge is 0.234 e. The molecule has 0 spiro atoms. The molecule has 0 aliphatic carbocycles. The minimum Gasteiger partial charge on any atom is -0.351 e. The number of hydrogen-bond acceptors (Lipinski definition) is 4. The first kappa shape index (κ1) is 18.1. The number of rotatable bonds is 5. The van der Waals surface area contributed by atoms with Gasteiger partial charge >= 0.3 is 0 Å². The number of amides is 1. The summed E-state index contributed by atoms with van der Waals surface area (Å²) in [5, 5.41) is 4.28. The van der Waals surface area contributed by atoms with E-state index < -0.39 is 0 Å². The van der Waals surface area contributed by atoms with Crippen LogP contribution < -0.4 is 5.32 Å². The molecule has 3 aromatic rings. The largest absolute Gasteiger partial charge is 0.351 e.